The first-order chi connectivity index (χ1) is 17.2. The molecule has 36 heavy (non-hydrogen) atoms. The molecule has 4 nitrogen and oxygen atoms in total. The molecule has 0 aliphatic heterocycles. The van der Waals surface area contributed by atoms with Crippen LogP contribution in [0.25, 0.3) is 55.2 Å². The van der Waals surface area contributed by atoms with Crippen molar-refractivity contribution in [2.24, 2.45) is 0 Å². The number of benzene rings is 4. The molecule has 0 spiro atoms. The molecule has 7 rings (SSSR count). The normalized spacial score (nSPS) is 10.8. The summed E-state index contributed by atoms with van der Waals surface area (Å²) in [5, 5.41) is 12.0. The van der Waals surface area contributed by atoms with Gasteiger partial charge in [-0.2, -0.15) is 0 Å². The van der Waals surface area contributed by atoms with Crippen LogP contribution in [-0.4, -0.2) is 21.0 Å². The van der Waals surface area contributed by atoms with E-state index in [0.717, 1.165) is 16.8 Å². The summed E-state index contributed by atoms with van der Waals surface area (Å²) < 4.78 is 0. The van der Waals surface area contributed by atoms with E-state index < -0.39 is 5.97 Å². The van der Waals surface area contributed by atoms with Gasteiger partial charge in [-0.3, -0.25) is 4.98 Å². The van der Waals surface area contributed by atoms with Gasteiger partial charge in [-0.25, -0.2) is 9.78 Å². The Labute approximate surface area is 221 Å². The summed E-state index contributed by atoms with van der Waals surface area (Å²) in [6.07, 6.45) is 1.45. The van der Waals surface area contributed by atoms with E-state index in [1.54, 1.807) is 12.1 Å². The minimum absolute atomic E-state index is 0. The third-order valence-corrected chi connectivity index (χ3v) is 6.20. The Bertz CT molecular complexity index is 1730. The molecule has 6 aromatic rings. The smallest absolute Gasteiger partial charge is 0.354 e. The molecule has 0 saturated carbocycles. The van der Waals surface area contributed by atoms with E-state index in [9.17, 15) is 4.79 Å². The molecule has 0 unspecified atom stereocenters. The van der Waals surface area contributed by atoms with Crippen molar-refractivity contribution in [3.63, 3.8) is 0 Å². The maximum Gasteiger partial charge on any atom is 0.354 e. The van der Waals surface area contributed by atoms with Crippen LogP contribution in [0.15, 0.2) is 109 Å². The maximum absolute atomic E-state index is 10.1. The molecule has 0 saturated heterocycles. The van der Waals surface area contributed by atoms with Gasteiger partial charge in [0.1, 0.15) is 5.69 Å². The molecule has 0 atom stereocenters. The van der Waals surface area contributed by atoms with Crippen LogP contribution >= 0.6 is 0 Å². The number of hydrogen-bond donors (Lipinski definition) is 1. The number of hydrogen-bond acceptors (Lipinski definition) is 3. The first kappa shape index (κ1) is 23.6. The van der Waals surface area contributed by atoms with Crippen LogP contribution in [0.1, 0.15) is 10.5 Å². The number of nitrogens with zero attached hydrogens (tertiary/aromatic N) is 2. The quantitative estimate of drug-likeness (QED) is 0.201. The van der Waals surface area contributed by atoms with Crippen molar-refractivity contribution in [3.8, 4) is 33.5 Å². The number of aromatic nitrogens is 2. The summed E-state index contributed by atoms with van der Waals surface area (Å²) in [5.74, 6) is -0.990. The summed E-state index contributed by atoms with van der Waals surface area (Å²) in [5.41, 5.74) is 8.34. The van der Waals surface area contributed by atoms with Gasteiger partial charge in [-0.05, 0) is 46.1 Å². The molecule has 0 fully saturated rings. The number of rotatable bonds is 2. The third-order valence-electron chi connectivity index (χ3n) is 6.20. The number of aromatic carboxylic acids is 1. The number of carbonyl (C=O) groups is 1. The fraction of sp³-hybridized carbons (Fsp3) is 0. The minimum atomic E-state index is -0.990. The van der Waals surface area contributed by atoms with E-state index in [-0.39, 0.29) is 25.8 Å². The van der Waals surface area contributed by atoms with Crippen LogP contribution in [0.3, 0.4) is 0 Å². The van der Waals surface area contributed by atoms with Crippen LogP contribution in [-0.2, 0) is 20.1 Å². The summed E-state index contributed by atoms with van der Waals surface area (Å²) in [4.78, 5) is 18.7. The number of pyridine rings is 2. The molecule has 0 bridgehead atoms. The van der Waals surface area contributed by atoms with Crippen LogP contribution in [0.2, 0.25) is 0 Å². The third kappa shape index (κ3) is 4.09. The van der Waals surface area contributed by atoms with Gasteiger partial charge in [-0.1, -0.05) is 78.2 Å². The Hall–Kier alpha value is -4.18. The predicted octanol–water partition coefficient (Wildman–Crippen LogP) is 7.28. The molecule has 1 aliphatic carbocycles. The first-order valence-corrected chi connectivity index (χ1v) is 11.3. The monoisotopic (exact) mass is 644 g/mol. The molecule has 1 radical (unpaired) electrons. The van der Waals surface area contributed by atoms with E-state index in [2.05, 4.69) is 89.9 Å². The molecule has 4 aromatic carbocycles. The second kappa shape index (κ2) is 9.82. The number of carboxylic acid groups (broad SMARTS) is 1. The molecule has 2 aromatic heterocycles. The van der Waals surface area contributed by atoms with E-state index in [4.69, 9.17) is 10.1 Å². The second-order valence-corrected chi connectivity index (χ2v) is 8.26. The van der Waals surface area contributed by atoms with Crippen LogP contribution < -0.4 is 0 Å². The molecule has 1 N–H and O–H groups in total. The van der Waals surface area contributed by atoms with Gasteiger partial charge < -0.3 is 5.11 Å². The van der Waals surface area contributed by atoms with Crippen LogP contribution in [0.4, 0.5) is 0 Å². The van der Waals surface area contributed by atoms with Crippen molar-refractivity contribution >= 4 is 27.6 Å². The summed E-state index contributed by atoms with van der Waals surface area (Å²) in [6.45, 7) is 0. The van der Waals surface area contributed by atoms with Gasteiger partial charge in [0, 0.05) is 31.7 Å². The Balaban J connectivity index is 0.000000229. The zero-order valence-electron chi connectivity index (χ0n) is 19.0. The zero-order valence-corrected chi connectivity index (χ0v) is 21.4. The topological polar surface area (TPSA) is 63.1 Å². The maximum atomic E-state index is 10.1. The van der Waals surface area contributed by atoms with Gasteiger partial charge in [0.25, 0.3) is 0 Å². The predicted molar refractivity (Wildman–Crippen MR) is 139 cm³/mol. The van der Waals surface area contributed by atoms with Gasteiger partial charge in [-0.15, -0.1) is 29.1 Å². The number of fused-ring (bicyclic) bond motifs is 4. The number of carboxylic acids is 1. The molecular weight excluding hydrogens is 625 g/mol. The van der Waals surface area contributed by atoms with Crippen LogP contribution in [0, 0.1) is 6.07 Å². The summed E-state index contributed by atoms with van der Waals surface area (Å²) in [6, 6.07) is 38.0. The van der Waals surface area contributed by atoms with Crippen molar-refractivity contribution in [3.05, 3.63) is 121 Å². The molecule has 5 heteroatoms. The van der Waals surface area contributed by atoms with E-state index in [0.29, 0.717) is 0 Å². The summed E-state index contributed by atoms with van der Waals surface area (Å²) in [7, 11) is 0. The SMILES string of the molecule is O=C(O)c1ccccn1.[Ir].[c-]1ccc2ccccc2c1-c1cc2c3c(cccc3n1)-c1ccccc1-2. The first-order valence-electron chi connectivity index (χ1n) is 11.3. The van der Waals surface area contributed by atoms with Crippen LogP contribution in [0.5, 0.6) is 0 Å². The van der Waals surface area contributed by atoms with Gasteiger partial charge in [0.05, 0.1) is 5.52 Å². The zero-order chi connectivity index (χ0) is 23.8. The van der Waals surface area contributed by atoms with Crippen molar-refractivity contribution in [1.29, 1.82) is 0 Å². The Kier molecular flexibility index (Phi) is 6.43. The average Bonchev–Trinajstić information content (AvgIpc) is 3.24. The Morgan fingerprint density at radius 2 is 1.47 bits per heavy atom. The van der Waals surface area contributed by atoms with Gasteiger partial charge in [0.15, 0.2) is 0 Å². The molecule has 1 aliphatic rings. The van der Waals surface area contributed by atoms with Crippen molar-refractivity contribution in [2.45, 2.75) is 0 Å². The Morgan fingerprint density at radius 1 is 0.750 bits per heavy atom. The van der Waals surface area contributed by atoms with Gasteiger partial charge in [0.2, 0.25) is 0 Å². The minimum Gasteiger partial charge on any atom is -0.477 e. The van der Waals surface area contributed by atoms with E-state index >= 15 is 0 Å². The van der Waals surface area contributed by atoms with Crippen molar-refractivity contribution in [1.82, 2.24) is 9.97 Å². The summed E-state index contributed by atoms with van der Waals surface area (Å²) >= 11 is 0. The van der Waals surface area contributed by atoms with Crippen molar-refractivity contribution < 1.29 is 30.0 Å². The fourth-order valence-electron chi connectivity index (χ4n) is 4.67. The van der Waals surface area contributed by atoms with E-state index in [1.807, 2.05) is 6.07 Å². The Morgan fingerprint density at radius 3 is 2.22 bits per heavy atom. The second-order valence-electron chi connectivity index (χ2n) is 8.26. The van der Waals surface area contributed by atoms with E-state index in [1.165, 1.54) is 50.7 Å². The van der Waals surface area contributed by atoms with Crippen molar-refractivity contribution in [2.75, 3.05) is 0 Å². The van der Waals surface area contributed by atoms with Gasteiger partial charge >= 0.3 is 5.97 Å². The largest absolute Gasteiger partial charge is 0.477 e. The standard InChI is InChI=1S/C25H14N.C6H5NO2.Ir/c1-2-9-17-16(7-1)8-5-12-20(17)24-15-22-19-11-4-3-10-18(19)21-13-6-14-23(26-24)25(21)22;8-6(9)5-3-1-2-4-7-5;/h1-11,13-15H;1-4H,(H,8,9);/q-1;;. The fourth-order valence-corrected chi connectivity index (χ4v) is 4.67. The molecule has 175 valence electrons. The molecule has 2 heterocycles. The average molecular weight is 644 g/mol. The molecular formula is C31H19IrN2O2-. The molecule has 0 amide bonds.